The van der Waals surface area contributed by atoms with Gasteiger partial charge in [0.15, 0.2) is 0 Å². The Hall–Kier alpha value is -3.42. The second-order valence-electron chi connectivity index (χ2n) is 6.40. The monoisotopic (exact) mass is 344 g/mol. The largest absolute Gasteiger partial charge is 0.307 e. The minimum Gasteiger partial charge on any atom is -0.307 e. The van der Waals surface area contributed by atoms with Gasteiger partial charge in [-0.05, 0) is 38.0 Å². The molecule has 0 fully saturated rings. The van der Waals surface area contributed by atoms with Crippen molar-refractivity contribution in [1.29, 1.82) is 0 Å². The van der Waals surface area contributed by atoms with E-state index in [1.54, 1.807) is 10.7 Å². The summed E-state index contributed by atoms with van der Waals surface area (Å²) in [5, 5.41) is 12.6. The molecule has 128 valence electrons. The zero-order chi connectivity index (χ0) is 17.7. The first-order valence-electron chi connectivity index (χ1n) is 8.46. The summed E-state index contributed by atoms with van der Waals surface area (Å²) in [6.07, 6.45) is 4.21. The lowest BCUT2D eigenvalue weighted by Gasteiger charge is -2.22. The second kappa shape index (κ2) is 5.55. The number of hydrogen-bond acceptors (Lipinski definition) is 7. The van der Waals surface area contributed by atoms with Gasteiger partial charge >= 0.3 is 0 Å². The molecule has 1 atom stereocenters. The Bertz CT molecular complexity index is 1120. The second-order valence-corrected chi connectivity index (χ2v) is 6.40. The SMILES string of the molecule is Cc1c(-c2ccnc(N3c4ccccc4CC3C)n2)nnc2ncnn12. The van der Waals surface area contributed by atoms with Crippen molar-refractivity contribution in [1.82, 2.24) is 34.8 Å². The average molecular weight is 344 g/mol. The number of aromatic nitrogens is 7. The predicted molar refractivity (Wildman–Crippen MR) is 96.1 cm³/mol. The summed E-state index contributed by atoms with van der Waals surface area (Å²) in [5.41, 5.74) is 4.70. The van der Waals surface area contributed by atoms with Gasteiger partial charge in [0.05, 0.1) is 11.4 Å². The lowest BCUT2D eigenvalue weighted by molar-refractivity contribution is 0.739. The van der Waals surface area contributed by atoms with Crippen LogP contribution in [0.1, 0.15) is 18.2 Å². The highest BCUT2D eigenvalue weighted by molar-refractivity contribution is 5.68. The van der Waals surface area contributed by atoms with Crippen LogP contribution in [0, 0.1) is 6.92 Å². The van der Waals surface area contributed by atoms with Gasteiger partial charge < -0.3 is 4.90 Å². The van der Waals surface area contributed by atoms with Crippen LogP contribution >= 0.6 is 0 Å². The number of fused-ring (bicyclic) bond motifs is 2. The van der Waals surface area contributed by atoms with Crippen molar-refractivity contribution in [3.63, 3.8) is 0 Å². The molecule has 1 aliphatic heterocycles. The first-order chi connectivity index (χ1) is 12.7. The van der Waals surface area contributed by atoms with Gasteiger partial charge in [-0.3, -0.25) is 0 Å². The van der Waals surface area contributed by atoms with Crippen molar-refractivity contribution in [2.45, 2.75) is 26.3 Å². The molecule has 0 radical (unpaired) electrons. The summed E-state index contributed by atoms with van der Waals surface area (Å²) in [6.45, 7) is 4.11. The fraction of sp³-hybridized carbons (Fsp3) is 0.222. The maximum atomic E-state index is 4.78. The van der Waals surface area contributed by atoms with E-state index in [4.69, 9.17) is 4.98 Å². The molecule has 4 heterocycles. The average Bonchev–Trinajstić information content (AvgIpc) is 3.26. The smallest absolute Gasteiger partial charge is 0.271 e. The van der Waals surface area contributed by atoms with Crippen LogP contribution < -0.4 is 4.90 Å². The minimum absolute atomic E-state index is 0.299. The number of benzene rings is 1. The quantitative estimate of drug-likeness (QED) is 0.552. The molecule has 0 saturated carbocycles. The van der Waals surface area contributed by atoms with E-state index in [2.05, 4.69) is 55.3 Å². The third kappa shape index (κ3) is 2.15. The van der Waals surface area contributed by atoms with Crippen molar-refractivity contribution < 1.29 is 0 Å². The van der Waals surface area contributed by atoms with E-state index in [0.717, 1.165) is 17.8 Å². The molecule has 8 heteroatoms. The normalized spacial score (nSPS) is 16.2. The van der Waals surface area contributed by atoms with Crippen molar-refractivity contribution in [3.8, 4) is 11.4 Å². The van der Waals surface area contributed by atoms with Gasteiger partial charge in [-0.2, -0.15) is 14.6 Å². The van der Waals surface area contributed by atoms with Crippen LogP contribution in [0.4, 0.5) is 11.6 Å². The number of anilines is 2. The fourth-order valence-electron chi connectivity index (χ4n) is 3.51. The standard InChI is InChI=1S/C18H16N8/c1-11-9-13-5-3-4-6-15(13)25(11)17-19-8-7-14(22-17)16-12(2)26-18(24-23-16)20-10-21-26/h3-8,10-11H,9H2,1-2H3. The van der Waals surface area contributed by atoms with E-state index in [1.807, 2.05) is 19.1 Å². The van der Waals surface area contributed by atoms with E-state index >= 15 is 0 Å². The number of rotatable bonds is 2. The van der Waals surface area contributed by atoms with Crippen LogP contribution in [0.3, 0.4) is 0 Å². The van der Waals surface area contributed by atoms with E-state index in [9.17, 15) is 0 Å². The van der Waals surface area contributed by atoms with E-state index < -0.39 is 0 Å². The highest BCUT2D eigenvalue weighted by Crippen LogP contribution is 2.36. The van der Waals surface area contributed by atoms with Gasteiger partial charge in [-0.1, -0.05) is 18.2 Å². The highest BCUT2D eigenvalue weighted by Gasteiger charge is 2.29. The molecular formula is C18H16N8. The Morgan fingerprint density at radius 1 is 1.08 bits per heavy atom. The van der Waals surface area contributed by atoms with Crippen LogP contribution in [-0.4, -0.2) is 40.8 Å². The first kappa shape index (κ1) is 14.9. The number of hydrogen-bond donors (Lipinski definition) is 0. The van der Waals surface area contributed by atoms with Gasteiger partial charge in [0, 0.05) is 17.9 Å². The minimum atomic E-state index is 0.299. The molecule has 5 rings (SSSR count). The molecule has 26 heavy (non-hydrogen) atoms. The van der Waals surface area contributed by atoms with Gasteiger partial charge in [0.1, 0.15) is 12.0 Å². The Morgan fingerprint density at radius 2 is 1.96 bits per heavy atom. The molecule has 0 saturated heterocycles. The zero-order valence-electron chi connectivity index (χ0n) is 14.4. The van der Waals surface area contributed by atoms with E-state index in [0.29, 0.717) is 29.2 Å². The summed E-state index contributed by atoms with van der Waals surface area (Å²) in [6, 6.07) is 10.5. The Balaban J connectivity index is 1.62. The molecule has 0 spiro atoms. The summed E-state index contributed by atoms with van der Waals surface area (Å²) in [4.78, 5) is 15.5. The third-order valence-electron chi connectivity index (χ3n) is 4.74. The van der Waals surface area contributed by atoms with Crippen molar-refractivity contribution in [3.05, 3.63) is 54.1 Å². The summed E-state index contributed by atoms with van der Waals surface area (Å²) in [5.74, 6) is 1.14. The Labute approximate surface area is 149 Å². The van der Waals surface area contributed by atoms with Crippen molar-refractivity contribution >= 4 is 17.4 Å². The van der Waals surface area contributed by atoms with Crippen LogP contribution in [0.2, 0.25) is 0 Å². The zero-order valence-corrected chi connectivity index (χ0v) is 14.4. The molecule has 1 aromatic carbocycles. The highest BCUT2D eigenvalue weighted by atomic mass is 15.4. The summed E-state index contributed by atoms with van der Waals surface area (Å²) < 4.78 is 1.66. The summed E-state index contributed by atoms with van der Waals surface area (Å²) in [7, 11) is 0. The van der Waals surface area contributed by atoms with E-state index in [1.165, 1.54) is 11.9 Å². The first-order valence-corrected chi connectivity index (χ1v) is 8.46. The van der Waals surface area contributed by atoms with Gasteiger partial charge in [0.25, 0.3) is 5.78 Å². The van der Waals surface area contributed by atoms with Gasteiger partial charge in [-0.15, -0.1) is 10.2 Å². The maximum absolute atomic E-state index is 4.78. The number of aryl methyl sites for hydroxylation is 1. The Kier molecular flexibility index (Phi) is 3.18. The molecule has 4 aromatic rings. The van der Waals surface area contributed by atoms with Crippen LogP contribution in [-0.2, 0) is 6.42 Å². The molecule has 0 amide bonds. The van der Waals surface area contributed by atoms with Crippen LogP contribution in [0.15, 0.2) is 42.9 Å². The molecule has 0 N–H and O–H groups in total. The molecule has 1 aliphatic rings. The molecule has 8 nitrogen and oxygen atoms in total. The lowest BCUT2D eigenvalue weighted by Crippen LogP contribution is -2.26. The maximum Gasteiger partial charge on any atom is 0.271 e. The van der Waals surface area contributed by atoms with Gasteiger partial charge in [-0.25, -0.2) is 9.97 Å². The molecule has 0 aliphatic carbocycles. The molecule has 3 aromatic heterocycles. The van der Waals surface area contributed by atoms with Crippen LogP contribution in [0.25, 0.3) is 17.2 Å². The summed E-state index contributed by atoms with van der Waals surface area (Å²) >= 11 is 0. The Morgan fingerprint density at radius 3 is 2.88 bits per heavy atom. The predicted octanol–water partition coefficient (Wildman–Crippen LogP) is 2.37. The van der Waals surface area contributed by atoms with Gasteiger partial charge in [0.2, 0.25) is 5.95 Å². The van der Waals surface area contributed by atoms with Crippen molar-refractivity contribution in [2.75, 3.05) is 4.90 Å². The fourth-order valence-corrected chi connectivity index (χ4v) is 3.51. The van der Waals surface area contributed by atoms with Crippen molar-refractivity contribution in [2.24, 2.45) is 0 Å². The van der Waals surface area contributed by atoms with E-state index in [-0.39, 0.29) is 0 Å². The molecule has 1 unspecified atom stereocenters. The third-order valence-corrected chi connectivity index (χ3v) is 4.74. The van der Waals surface area contributed by atoms with Crippen LogP contribution in [0.5, 0.6) is 0 Å². The topological polar surface area (TPSA) is 85.0 Å². The number of para-hydroxylation sites is 1. The number of nitrogens with zero attached hydrogens (tertiary/aromatic N) is 8. The molecular weight excluding hydrogens is 328 g/mol. The lowest BCUT2D eigenvalue weighted by atomic mass is 10.1. The molecule has 0 bridgehead atoms.